The molecule has 3 aliphatic rings. The molecule has 0 spiro atoms. The number of nitrogens with one attached hydrogen (secondary N) is 1. The van der Waals surface area contributed by atoms with Gasteiger partial charge in [-0.15, -0.1) is 11.3 Å². The van der Waals surface area contributed by atoms with Crippen molar-refractivity contribution in [2.75, 3.05) is 60.0 Å². The van der Waals surface area contributed by atoms with Crippen LogP contribution in [0.25, 0.3) is 0 Å². The van der Waals surface area contributed by atoms with Gasteiger partial charge in [0.1, 0.15) is 5.92 Å². The number of methoxy groups -OCH3 is 2. The number of piperazine rings is 1. The van der Waals surface area contributed by atoms with E-state index < -0.39 is 23.8 Å². The van der Waals surface area contributed by atoms with Crippen LogP contribution in [0.1, 0.15) is 68.4 Å². The molecule has 0 bridgehead atoms. The minimum atomic E-state index is -1.02. The van der Waals surface area contributed by atoms with Crippen LogP contribution >= 0.6 is 34.5 Å². The van der Waals surface area contributed by atoms with Crippen LogP contribution < -0.4 is 5.32 Å². The Balaban J connectivity index is 1.44. The van der Waals surface area contributed by atoms with E-state index in [4.69, 9.17) is 37.7 Å². The highest BCUT2D eigenvalue weighted by molar-refractivity contribution is 7.09. The quantitative estimate of drug-likeness (QED) is 0.252. The van der Waals surface area contributed by atoms with Crippen LogP contribution in [0.5, 0.6) is 0 Å². The predicted molar refractivity (Wildman–Crippen MR) is 193 cm³/mol. The van der Waals surface area contributed by atoms with Crippen molar-refractivity contribution in [1.29, 1.82) is 0 Å². The highest BCUT2D eigenvalue weighted by atomic mass is 35.5. The summed E-state index contributed by atoms with van der Waals surface area (Å²) in [6.07, 6.45) is 8.76. The van der Waals surface area contributed by atoms with Gasteiger partial charge in [0.2, 0.25) is 5.91 Å². The number of halogens is 2. The van der Waals surface area contributed by atoms with Crippen molar-refractivity contribution in [1.82, 2.24) is 20.1 Å². The van der Waals surface area contributed by atoms with Crippen LogP contribution in [-0.4, -0.2) is 98.4 Å². The van der Waals surface area contributed by atoms with Crippen molar-refractivity contribution in [3.63, 3.8) is 0 Å². The van der Waals surface area contributed by atoms with E-state index >= 15 is 0 Å². The first kappa shape index (κ1) is 37.4. The topological polar surface area (TPSA) is 113 Å². The largest absolute Gasteiger partial charge is 0.468 e. The van der Waals surface area contributed by atoms with Crippen LogP contribution in [0.2, 0.25) is 10.0 Å². The van der Waals surface area contributed by atoms with Crippen LogP contribution in [-0.2, 0) is 30.3 Å². The average Bonchev–Trinajstić information content (AvgIpc) is 3.64. The lowest BCUT2D eigenvalue weighted by molar-refractivity contribution is -0.143. The molecular weight excluding hydrogens is 685 g/mol. The number of esters is 2. The summed E-state index contributed by atoms with van der Waals surface area (Å²) in [5.41, 5.74) is 1.47. The number of rotatable bonds is 13. The number of amides is 1. The number of hydrogen-bond acceptors (Lipinski definition) is 10. The molecule has 1 aromatic heterocycles. The minimum absolute atomic E-state index is 0.0838. The Morgan fingerprint density at radius 3 is 2.35 bits per heavy atom. The zero-order valence-corrected chi connectivity index (χ0v) is 31.0. The number of aromatic nitrogens is 1. The number of carbonyl (C=O) groups is 3. The molecule has 3 heterocycles. The fourth-order valence-electron chi connectivity index (χ4n) is 7.64. The van der Waals surface area contributed by atoms with Crippen molar-refractivity contribution >= 4 is 58.1 Å². The third kappa shape index (κ3) is 8.92. The molecule has 266 valence electrons. The van der Waals surface area contributed by atoms with Gasteiger partial charge >= 0.3 is 11.9 Å². The molecule has 1 aromatic carbocycles. The third-order valence-electron chi connectivity index (χ3n) is 10.1. The molecular formula is C36H47Cl2N5O5S. The van der Waals surface area contributed by atoms with Gasteiger partial charge in [-0.3, -0.25) is 19.5 Å². The van der Waals surface area contributed by atoms with E-state index in [0.717, 1.165) is 37.7 Å². The van der Waals surface area contributed by atoms with Crippen molar-refractivity contribution in [3.05, 3.63) is 61.7 Å². The van der Waals surface area contributed by atoms with Gasteiger partial charge < -0.3 is 19.7 Å². The van der Waals surface area contributed by atoms with E-state index in [1.807, 2.05) is 10.3 Å². The SMILES string of the molecule is CCNCC1(CN2CCN(C(=O)CC3=C(C(=O)OC)C(c4c(Cl)cccc4Cl)C(C(=O)OC)C(CCc4nccs4)=N3)CC2)CCCCC1. The minimum Gasteiger partial charge on any atom is -0.468 e. The van der Waals surface area contributed by atoms with Gasteiger partial charge in [-0.2, -0.15) is 0 Å². The van der Waals surface area contributed by atoms with Crippen molar-refractivity contribution in [2.24, 2.45) is 16.3 Å². The molecule has 13 heteroatoms. The Morgan fingerprint density at radius 2 is 1.73 bits per heavy atom. The van der Waals surface area contributed by atoms with Crippen LogP contribution in [0.3, 0.4) is 0 Å². The average molecular weight is 733 g/mol. The Hall–Kier alpha value is -2.83. The Kier molecular flexibility index (Phi) is 13.3. The molecule has 2 aliphatic heterocycles. The summed E-state index contributed by atoms with van der Waals surface area (Å²) < 4.78 is 10.5. The van der Waals surface area contributed by atoms with Gasteiger partial charge in [-0.05, 0) is 48.9 Å². The summed E-state index contributed by atoms with van der Waals surface area (Å²) in [5.74, 6) is -3.43. The summed E-state index contributed by atoms with van der Waals surface area (Å²) in [5, 5.41) is 6.92. The molecule has 1 N–H and O–H groups in total. The molecule has 5 rings (SSSR count). The summed E-state index contributed by atoms with van der Waals surface area (Å²) in [6.45, 7) is 7.92. The lowest BCUT2D eigenvalue weighted by Crippen LogP contribution is -2.53. The first-order chi connectivity index (χ1) is 23.7. The summed E-state index contributed by atoms with van der Waals surface area (Å²) in [7, 11) is 2.56. The van der Waals surface area contributed by atoms with Gasteiger partial charge in [0.05, 0.1) is 36.9 Å². The number of aryl methyl sites for hydroxylation is 1. The lowest BCUT2D eigenvalue weighted by atomic mass is 9.73. The van der Waals surface area contributed by atoms with Crippen LogP contribution in [0.15, 0.2) is 46.0 Å². The normalized spacial score (nSPS) is 21.3. The highest BCUT2D eigenvalue weighted by Gasteiger charge is 2.46. The van der Waals surface area contributed by atoms with E-state index in [1.54, 1.807) is 24.4 Å². The Bertz CT molecular complexity index is 1510. The fraction of sp³-hybridized carbons (Fsp3) is 0.583. The standard InChI is InChI=1S/C36H47Cl2N5O5S/c1-4-39-22-36(13-6-5-7-14-36)23-42-16-18-43(19-17-42)29(44)21-27-32(35(46)48-3)33(30-24(37)9-8-10-25(30)38)31(34(45)47-2)26(41-27)11-12-28-40-15-20-49-28/h8-10,15,20,31,33,39H,4-7,11-14,16-19,21-23H2,1-3H3. The Labute approximate surface area is 303 Å². The summed E-state index contributed by atoms with van der Waals surface area (Å²) in [4.78, 5) is 54.9. The van der Waals surface area contributed by atoms with Crippen LogP contribution in [0, 0.1) is 11.3 Å². The zero-order valence-electron chi connectivity index (χ0n) is 28.6. The van der Waals surface area contributed by atoms with E-state index in [9.17, 15) is 14.4 Å². The van der Waals surface area contributed by atoms with Crippen molar-refractivity contribution in [2.45, 2.75) is 64.2 Å². The number of hydrogen-bond donors (Lipinski definition) is 1. The number of thiazole rings is 1. The zero-order chi connectivity index (χ0) is 35.0. The predicted octanol–water partition coefficient (Wildman–Crippen LogP) is 5.93. The first-order valence-corrected chi connectivity index (χ1v) is 18.8. The van der Waals surface area contributed by atoms with Gasteiger partial charge in [0, 0.05) is 78.9 Å². The summed E-state index contributed by atoms with van der Waals surface area (Å²) >= 11 is 15.0. The fourth-order valence-corrected chi connectivity index (χ4v) is 8.89. The molecule has 0 radical (unpaired) electrons. The first-order valence-electron chi connectivity index (χ1n) is 17.2. The molecule has 1 saturated carbocycles. The molecule has 49 heavy (non-hydrogen) atoms. The monoisotopic (exact) mass is 731 g/mol. The van der Waals surface area contributed by atoms with Crippen molar-refractivity contribution in [3.8, 4) is 0 Å². The van der Waals surface area contributed by atoms with E-state index in [-0.39, 0.29) is 39.1 Å². The number of carbonyl (C=O) groups excluding carboxylic acids is 3. The number of benzene rings is 1. The van der Waals surface area contributed by atoms with Gasteiger partial charge in [-0.25, -0.2) is 9.78 Å². The highest BCUT2D eigenvalue weighted by Crippen LogP contribution is 2.46. The third-order valence-corrected chi connectivity index (χ3v) is 11.6. The second-order valence-electron chi connectivity index (χ2n) is 13.2. The molecule has 2 aromatic rings. The molecule has 2 unspecified atom stereocenters. The molecule has 10 nitrogen and oxygen atoms in total. The van der Waals surface area contributed by atoms with E-state index in [2.05, 4.69) is 22.1 Å². The maximum atomic E-state index is 14.0. The van der Waals surface area contributed by atoms with E-state index in [0.29, 0.717) is 37.2 Å². The number of ether oxygens (including phenoxy) is 2. The maximum Gasteiger partial charge on any atom is 0.336 e. The van der Waals surface area contributed by atoms with Gasteiger partial charge in [-0.1, -0.05) is 55.5 Å². The maximum absolute atomic E-state index is 14.0. The van der Waals surface area contributed by atoms with Crippen LogP contribution in [0.4, 0.5) is 0 Å². The summed E-state index contributed by atoms with van der Waals surface area (Å²) in [6, 6.07) is 5.02. The van der Waals surface area contributed by atoms with Crippen molar-refractivity contribution < 1.29 is 23.9 Å². The molecule has 1 saturated heterocycles. The Morgan fingerprint density at radius 1 is 1.02 bits per heavy atom. The molecule has 1 aliphatic carbocycles. The second kappa shape index (κ2) is 17.4. The molecule has 2 fully saturated rings. The lowest BCUT2D eigenvalue weighted by Gasteiger charge is -2.44. The second-order valence-corrected chi connectivity index (χ2v) is 15.0. The van der Waals surface area contributed by atoms with Gasteiger partial charge in [0.15, 0.2) is 0 Å². The van der Waals surface area contributed by atoms with E-state index in [1.165, 1.54) is 57.7 Å². The molecule has 1 amide bonds. The molecule has 2 atom stereocenters. The smallest absolute Gasteiger partial charge is 0.336 e. The van der Waals surface area contributed by atoms with Gasteiger partial charge in [0.25, 0.3) is 0 Å². The number of aliphatic imine (C=N–C) groups is 1. The number of nitrogens with zero attached hydrogens (tertiary/aromatic N) is 4.